The Hall–Kier alpha value is -0.780. The van der Waals surface area contributed by atoms with E-state index in [4.69, 9.17) is 0 Å². The third kappa shape index (κ3) is 5.31. The van der Waals surface area contributed by atoms with Gasteiger partial charge in [-0.25, -0.2) is 0 Å². The first-order chi connectivity index (χ1) is 14.7. The van der Waals surface area contributed by atoms with Crippen molar-refractivity contribution in [1.82, 2.24) is 0 Å². The minimum Gasteiger partial charge on any atom is -0.0820 e. The summed E-state index contributed by atoms with van der Waals surface area (Å²) in [6, 6.07) is 0. The number of allylic oxidation sites excluding steroid dienone is 6. The second-order valence-corrected chi connectivity index (χ2v) is 14.6. The van der Waals surface area contributed by atoms with Crippen LogP contribution in [-0.4, -0.2) is 0 Å². The zero-order valence-electron chi connectivity index (χ0n) is 23.3. The van der Waals surface area contributed by atoms with Gasteiger partial charge < -0.3 is 0 Å². The molecule has 0 bridgehead atoms. The van der Waals surface area contributed by atoms with Crippen LogP contribution < -0.4 is 0 Å². The first-order valence-electron chi connectivity index (χ1n) is 13.7. The van der Waals surface area contributed by atoms with Crippen LogP contribution in [0.1, 0.15) is 121 Å². The van der Waals surface area contributed by atoms with Gasteiger partial charge in [-0.1, -0.05) is 105 Å². The van der Waals surface area contributed by atoms with Crippen molar-refractivity contribution in [3.8, 4) is 0 Å². The molecule has 0 radical (unpaired) electrons. The fraction of sp³-hybridized carbons (Fsp3) is 0.812. The number of rotatable bonds is 4. The molecule has 3 rings (SSSR count). The normalized spacial score (nSPS) is 36.1. The lowest BCUT2D eigenvalue weighted by atomic mass is 9.57. The molecular weight excluding hydrogens is 384 g/mol. The fourth-order valence-electron chi connectivity index (χ4n) is 7.44. The third-order valence-electron chi connectivity index (χ3n) is 10.3. The van der Waals surface area contributed by atoms with Crippen molar-refractivity contribution < 1.29 is 0 Å². The van der Waals surface area contributed by atoms with Gasteiger partial charge in [-0.05, 0) is 96.7 Å². The van der Waals surface area contributed by atoms with E-state index in [9.17, 15) is 0 Å². The van der Waals surface area contributed by atoms with Gasteiger partial charge in [-0.3, -0.25) is 0 Å². The standard InChI is InChI=1S/C32H54/c1-23-20-24(2)22-25(21-23)13-14-26-12-11-17-32(10)27(26)15-16-28(32)30(6,7)18-19-31(8,9)29(3,4)5/h13-14,18-19,23-24,27-28H,11-12,15-17,20-22H2,1-10H3/b19-18+,26-14+/t23-,24-,27-,28+,32-/m0/s1. The maximum atomic E-state index is 2.64. The highest BCUT2D eigenvalue weighted by molar-refractivity contribution is 5.27. The maximum Gasteiger partial charge on any atom is -0.0126 e. The Balaban J connectivity index is 1.81. The summed E-state index contributed by atoms with van der Waals surface area (Å²) in [4.78, 5) is 0. The quantitative estimate of drug-likeness (QED) is 0.383. The molecule has 0 spiro atoms. The highest BCUT2D eigenvalue weighted by atomic mass is 14.6. The zero-order valence-corrected chi connectivity index (χ0v) is 23.3. The summed E-state index contributed by atoms with van der Waals surface area (Å²) in [5.41, 5.74) is 4.68. The molecule has 0 N–H and O–H groups in total. The zero-order chi connectivity index (χ0) is 23.9. The number of hydrogen-bond donors (Lipinski definition) is 0. The average molecular weight is 439 g/mol. The summed E-state index contributed by atoms with van der Waals surface area (Å²) in [7, 11) is 0. The minimum atomic E-state index is 0.210. The van der Waals surface area contributed by atoms with E-state index in [1.165, 1.54) is 51.4 Å². The Labute approximate surface area is 201 Å². The highest BCUT2D eigenvalue weighted by Crippen LogP contribution is 2.62. The topological polar surface area (TPSA) is 0 Å². The molecule has 5 atom stereocenters. The molecule has 0 aromatic heterocycles. The molecule has 3 saturated carbocycles. The van der Waals surface area contributed by atoms with Crippen LogP contribution >= 0.6 is 0 Å². The summed E-state index contributed by atoms with van der Waals surface area (Å²) in [6.07, 6.45) is 21.2. The number of hydrogen-bond acceptors (Lipinski definition) is 0. The highest BCUT2D eigenvalue weighted by Gasteiger charge is 2.53. The van der Waals surface area contributed by atoms with Crippen molar-refractivity contribution in [2.45, 2.75) is 121 Å². The van der Waals surface area contributed by atoms with Crippen LogP contribution in [0.15, 0.2) is 35.5 Å². The average Bonchev–Trinajstić information content (AvgIpc) is 3.01. The molecule has 0 heterocycles. The van der Waals surface area contributed by atoms with Crippen LogP contribution in [-0.2, 0) is 0 Å². The van der Waals surface area contributed by atoms with E-state index in [0.29, 0.717) is 5.41 Å². The van der Waals surface area contributed by atoms with Crippen LogP contribution in [0.3, 0.4) is 0 Å². The van der Waals surface area contributed by atoms with Gasteiger partial charge in [0.1, 0.15) is 0 Å². The van der Waals surface area contributed by atoms with E-state index >= 15 is 0 Å². The monoisotopic (exact) mass is 438 g/mol. The molecule has 0 aromatic carbocycles. The van der Waals surface area contributed by atoms with Crippen LogP contribution in [0, 0.1) is 45.3 Å². The Bertz CT molecular complexity index is 737. The smallest absolute Gasteiger partial charge is 0.0126 e. The van der Waals surface area contributed by atoms with E-state index in [1.807, 2.05) is 0 Å². The van der Waals surface area contributed by atoms with Gasteiger partial charge in [0.2, 0.25) is 0 Å². The Morgan fingerprint density at radius 3 is 2.06 bits per heavy atom. The first-order valence-corrected chi connectivity index (χ1v) is 13.7. The lowest BCUT2D eigenvalue weighted by Gasteiger charge is -2.47. The molecule has 0 amide bonds. The molecule has 182 valence electrons. The lowest BCUT2D eigenvalue weighted by molar-refractivity contribution is 0.0705. The summed E-state index contributed by atoms with van der Waals surface area (Å²) in [6.45, 7) is 24.5. The third-order valence-corrected chi connectivity index (χ3v) is 10.3. The van der Waals surface area contributed by atoms with E-state index in [0.717, 1.165) is 23.7 Å². The van der Waals surface area contributed by atoms with E-state index < -0.39 is 0 Å². The van der Waals surface area contributed by atoms with Crippen molar-refractivity contribution in [1.29, 1.82) is 0 Å². The van der Waals surface area contributed by atoms with Gasteiger partial charge >= 0.3 is 0 Å². The summed E-state index contributed by atoms with van der Waals surface area (Å²) in [5.74, 6) is 3.29. The van der Waals surface area contributed by atoms with E-state index in [2.05, 4.69) is 93.5 Å². The van der Waals surface area contributed by atoms with Crippen molar-refractivity contribution in [2.24, 2.45) is 45.3 Å². The summed E-state index contributed by atoms with van der Waals surface area (Å²) >= 11 is 0. The Morgan fingerprint density at radius 1 is 0.844 bits per heavy atom. The molecule has 0 aliphatic heterocycles. The molecule has 3 aliphatic carbocycles. The molecular formula is C32H54. The second-order valence-electron chi connectivity index (χ2n) is 14.6. The SMILES string of the molecule is C[C@@H]1CC(=C/C=C2\CCC[C@]3(C)[C@@H](C(C)(C)/C=C/C(C)(C)C(C)(C)C)CC[C@@H]23)C[C@@H](C)C1. The van der Waals surface area contributed by atoms with Crippen LogP contribution in [0.4, 0.5) is 0 Å². The first kappa shape index (κ1) is 25.8. The predicted octanol–water partition coefficient (Wildman–Crippen LogP) is 10.2. The molecule has 0 nitrogen and oxygen atoms in total. The maximum absolute atomic E-state index is 2.64. The van der Waals surface area contributed by atoms with E-state index in [-0.39, 0.29) is 16.2 Å². The van der Waals surface area contributed by atoms with Crippen LogP contribution in [0.2, 0.25) is 0 Å². The fourth-order valence-corrected chi connectivity index (χ4v) is 7.44. The molecule has 3 fully saturated rings. The van der Waals surface area contributed by atoms with Crippen LogP contribution in [0.5, 0.6) is 0 Å². The largest absolute Gasteiger partial charge is 0.0820 e. The van der Waals surface area contributed by atoms with Crippen molar-refractivity contribution in [3.05, 3.63) is 35.5 Å². The second kappa shape index (κ2) is 9.11. The van der Waals surface area contributed by atoms with Gasteiger partial charge in [0.25, 0.3) is 0 Å². The number of fused-ring (bicyclic) bond motifs is 1. The van der Waals surface area contributed by atoms with Crippen LogP contribution in [0.25, 0.3) is 0 Å². The molecule has 3 aliphatic rings. The van der Waals surface area contributed by atoms with Gasteiger partial charge in [0, 0.05) is 0 Å². The molecule has 0 heteroatoms. The Kier molecular flexibility index (Phi) is 7.35. The van der Waals surface area contributed by atoms with E-state index in [1.54, 1.807) is 11.1 Å². The van der Waals surface area contributed by atoms with Gasteiger partial charge in [-0.2, -0.15) is 0 Å². The summed E-state index contributed by atoms with van der Waals surface area (Å²) < 4.78 is 0. The minimum absolute atomic E-state index is 0.210. The van der Waals surface area contributed by atoms with Crippen molar-refractivity contribution >= 4 is 0 Å². The predicted molar refractivity (Wildman–Crippen MR) is 143 cm³/mol. The lowest BCUT2D eigenvalue weighted by Crippen LogP contribution is -2.39. The Morgan fingerprint density at radius 2 is 1.47 bits per heavy atom. The van der Waals surface area contributed by atoms with Crippen molar-refractivity contribution in [3.63, 3.8) is 0 Å². The van der Waals surface area contributed by atoms with Gasteiger partial charge in [0.15, 0.2) is 0 Å². The molecule has 0 unspecified atom stereocenters. The molecule has 0 aromatic rings. The van der Waals surface area contributed by atoms with Crippen molar-refractivity contribution in [2.75, 3.05) is 0 Å². The molecule has 32 heavy (non-hydrogen) atoms. The van der Waals surface area contributed by atoms with Gasteiger partial charge in [0.05, 0.1) is 0 Å². The summed E-state index contributed by atoms with van der Waals surface area (Å²) in [5, 5.41) is 0. The molecule has 0 saturated heterocycles. The van der Waals surface area contributed by atoms with Gasteiger partial charge in [-0.15, -0.1) is 0 Å².